The number of anilines is 1. The summed E-state index contributed by atoms with van der Waals surface area (Å²) in [7, 11) is -2.86. The summed E-state index contributed by atoms with van der Waals surface area (Å²) in [6.45, 7) is 1.79. The number of hydrogen-bond acceptors (Lipinski definition) is 6. The van der Waals surface area contributed by atoms with Crippen molar-refractivity contribution in [3.05, 3.63) is 17.5 Å². The van der Waals surface area contributed by atoms with Gasteiger partial charge in [-0.1, -0.05) is 0 Å². The van der Waals surface area contributed by atoms with Crippen LogP contribution >= 0.6 is 0 Å². The van der Waals surface area contributed by atoms with Gasteiger partial charge in [0.2, 0.25) is 5.95 Å². The van der Waals surface area contributed by atoms with Gasteiger partial charge in [0.15, 0.2) is 0 Å². The molecule has 2 rings (SSSR count). The van der Waals surface area contributed by atoms with Crippen molar-refractivity contribution in [1.82, 2.24) is 9.97 Å². The molecule has 1 aliphatic heterocycles. The van der Waals surface area contributed by atoms with Gasteiger partial charge in [0, 0.05) is 11.7 Å². The van der Waals surface area contributed by atoms with E-state index in [1.54, 1.807) is 13.0 Å². The van der Waals surface area contributed by atoms with Crippen LogP contribution in [0.1, 0.15) is 24.2 Å². The van der Waals surface area contributed by atoms with Gasteiger partial charge in [0.05, 0.1) is 11.5 Å². The van der Waals surface area contributed by atoms with Gasteiger partial charge in [-0.05, 0) is 25.8 Å². The maximum absolute atomic E-state index is 11.3. The minimum Gasteiger partial charge on any atom is -0.351 e. The molecule has 0 radical (unpaired) electrons. The highest BCUT2D eigenvalue weighted by molar-refractivity contribution is 7.91. The normalized spacial score (nSPS) is 19.1. The molecule has 0 amide bonds. The highest BCUT2D eigenvalue weighted by Crippen LogP contribution is 2.16. The van der Waals surface area contributed by atoms with Crippen LogP contribution in [0.3, 0.4) is 0 Å². The number of hydrogen-bond donors (Lipinski definition) is 1. The van der Waals surface area contributed by atoms with Crippen LogP contribution in [0.25, 0.3) is 0 Å². The van der Waals surface area contributed by atoms with Crippen molar-refractivity contribution < 1.29 is 8.42 Å². The van der Waals surface area contributed by atoms with Crippen molar-refractivity contribution >= 4 is 15.8 Å². The van der Waals surface area contributed by atoms with Gasteiger partial charge in [-0.25, -0.2) is 18.4 Å². The Labute approximate surface area is 106 Å². The molecule has 1 fully saturated rings. The minimum atomic E-state index is -2.86. The molecule has 1 aromatic heterocycles. The summed E-state index contributed by atoms with van der Waals surface area (Å²) in [5.41, 5.74) is 1.03. The van der Waals surface area contributed by atoms with Gasteiger partial charge < -0.3 is 5.32 Å². The Morgan fingerprint density at radius 3 is 2.67 bits per heavy atom. The molecule has 2 heterocycles. The van der Waals surface area contributed by atoms with E-state index in [0.29, 0.717) is 30.2 Å². The first-order valence-electron chi connectivity index (χ1n) is 5.71. The number of aryl methyl sites for hydroxylation is 1. The zero-order valence-electron chi connectivity index (χ0n) is 10.0. The lowest BCUT2D eigenvalue weighted by Gasteiger charge is -2.23. The fraction of sp³-hybridized carbons (Fsp3) is 0.545. The largest absolute Gasteiger partial charge is 0.351 e. The second-order valence-corrected chi connectivity index (χ2v) is 6.70. The Morgan fingerprint density at radius 2 is 2.06 bits per heavy atom. The molecule has 1 saturated heterocycles. The van der Waals surface area contributed by atoms with Crippen molar-refractivity contribution in [2.75, 3.05) is 16.8 Å². The summed E-state index contributed by atoms with van der Waals surface area (Å²) in [6, 6.07) is 3.64. The molecule has 1 N–H and O–H groups in total. The first kappa shape index (κ1) is 12.8. The SMILES string of the molecule is Cc1cc(C#N)nc(NC2CCS(=O)(=O)CC2)n1. The molecule has 18 heavy (non-hydrogen) atoms. The van der Waals surface area contributed by atoms with Crippen molar-refractivity contribution in [1.29, 1.82) is 5.26 Å². The van der Waals surface area contributed by atoms with Crippen molar-refractivity contribution in [2.24, 2.45) is 0 Å². The van der Waals surface area contributed by atoms with Crippen molar-refractivity contribution in [3.63, 3.8) is 0 Å². The third-order valence-corrected chi connectivity index (χ3v) is 4.57. The van der Waals surface area contributed by atoms with E-state index in [1.807, 2.05) is 6.07 Å². The van der Waals surface area contributed by atoms with Crippen LogP contribution in [0.5, 0.6) is 0 Å². The fourth-order valence-electron chi connectivity index (χ4n) is 1.91. The van der Waals surface area contributed by atoms with Crippen LogP contribution in [-0.4, -0.2) is 35.9 Å². The second-order valence-electron chi connectivity index (χ2n) is 4.40. The third-order valence-electron chi connectivity index (χ3n) is 2.86. The average molecular weight is 266 g/mol. The Hall–Kier alpha value is -1.68. The summed E-state index contributed by atoms with van der Waals surface area (Å²) in [4.78, 5) is 8.24. The van der Waals surface area contributed by atoms with Crippen LogP contribution in [0.2, 0.25) is 0 Å². The quantitative estimate of drug-likeness (QED) is 0.844. The number of sulfone groups is 1. The molecular weight excluding hydrogens is 252 g/mol. The number of aromatic nitrogens is 2. The lowest BCUT2D eigenvalue weighted by molar-refractivity contribution is 0.558. The van der Waals surface area contributed by atoms with E-state index >= 15 is 0 Å². The predicted molar refractivity (Wildman–Crippen MR) is 66.8 cm³/mol. The van der Waals surface area contributed by atoms with E-state index in [4.69, 9.17) is 5.26 Å². The lowest BCUT2D eigenvalue weighted by atomic mass is 10.2. The molecule has 7 heteroatoms. The highest BCUT2D eigenvalue weighted by Gasteiger charge is 2.23. The van der Waals surface area contributed by atoms with E-state index in [2.05, 4.69) is 15.3 Å². The summed E-state index contributed by atoms with van der Waals surface area (Å²) in [5, 5.41) is 11.9. The molecule has 6 nitrogen and oxygen atoms in total. The first-order valence-corrected chi connectivity index (χ1v) is 7.53. The second kappa shape index (κ2) is 4.90. The standard InChI is InChI=1S/C11H14N4O2S/c1-8-6-10(7-12)15-11(13-8)14-9-2-4-18(16,17)5-3-9/h6,9H,2-5H2,1H3,(H,13,14,15). The van der Waals surface area contributed by atoms with Gasteiger partial charge >= 0.3 is 0 Å². The lowest BCUT2D eigenvalue weighted by Crippen LogP contribution is -2.32. The van der Waals surface area contributed by atoms with E-state index in [9.17, 15) is 8.42 Å². The van der Waals surface area contributed by atoms with Gasteiger partial charge in [-0.15, -0.1) is 0 Å². The number of nitrogens with zero attached hydrogens (tertiary/aromatic N) is 3. The molecular formula is C11H14N4O2S. The Kier molecular flexibility index (Phi) is 3.48. The number of nitriles is 1. The maximum atomic E-state index is 11.3. The first-order chi connectivity index (χ1) is 8.48. The molecule has 0 unspecified atom stereocenters. The molecule has 0 bridgehead atoms. The molecule has 96 valence electrons. The number of rotatable bonds is 2. The molecule has 0 saturated carbocycles. The zero-order chi connectivity index (χ0) is 13.2. The predicted octanol–water partition coefficient (Wildman–Crippen LogP) is 0.646. The third kappa shape index (κ3) is 3.17. The van der Waals surface area contributed by atoms with Crippen LogP contribution in [-0.2, 0) is 9.84 Å². The average Bonchev–Trinajstić information content (AvgIpc) is 2.31. The minimum absolute atomic E-state index is 0.0573. The van der Waals surface area contributed by atoms with Crippen LogP contribution in [0.15, 0.2) is 6.07 Å². The van der Waals surface area contributed by atoms with Crippen LogP contribution < -0.4 is 5.32 Å². The molecule has 0 aromatic carbocycles. The zero-order valence-corrected chi connectivity index (χ0v) is 10.9. The summed E-state index contributed by atoms with van der Waals surface area (Å²) in [5.74, 6) is 0.791. The van der Waals surface area contributed by atoms with E-state index < -0.39 is 9.84 Å². The molecule has 0 aliphatic carbocycles. The summed E-state index contributed by atoms with van der Waals surface area (Å²) in [6.07, 6.45) is 1.11. The molecule has 0 atom stereocenters. The van der Waals surface area contributed by atoms with E-state index in [0.717, 1.165) is 0 Å². The van der Waals surface area contributed by atoms with E-state index in [1.165, 1.54) is 0 Å². The van der Waals surface area contributed by atoms with Gasteiger partial charge in [-0.2, -0.15) is 5.26 Å². The monoisotopic (exact) mass is 266 g/mol. The van der Waals surface area contributed by atoms with Crippen LogP contribution in [0, 0.1) is 18.3 Å². The smallest absolute Gasteiger partial charge is 0.224 e. The summed E-state index contributed by atoms with van der Waals surface area (Å²) >= 11 is 0. The summed E-state index contributed by atoms with van der Waals surface area (Å²) < 4.78 is 22.6. The van der Waals surface area contributed by atoms with Gasteiger partial charge in [0.25, 0.3) is 0 Å². The van der Waals surface area contributed by atoms with Crippen molar-refractivity contribution in [3.8, 4) is 6.07 Å². The fourth-order valence-corrected chi connectivity index (χ4v) is 3.40. The Balaban J connectivity index is 2.07. The molecule has 1 aliphatic rings. The Morgan fingerprint density at radius 1 is 1.39 bits per heavy atom. The van der Waals surface area contributed by atoms with Gasteiger partial charge in [-0.3, -0.25) is 0 Å². The van der Waals surface area contributed by atoms with Crippen molar-refractivity contribution in [2.45, 2.75) is 25.8 Å². The maximum Gasteiger partial charge on any atom is 0.224 e. The molecule has 0 spiro atoms. The Bertz CT molecular complexity index is 578. The highest BCUT2D eigenvalue weighted by atomic mass is 32.2. The number of nitrogens with one attached hydrogen (secondary N) is 1. The molecule has 1 aromatic rings. The van der Waals surface area contributed by atoms with Crippen LogP contribution in [0.4, 0.5) is 5.95 Å². The van der Waals surface area contributed by atoms with Gasteiger partial charge in [0.1, 0.15) is 21.6 Å². The topological polar surface area (TPSA) is 95.7 Å². The van der Waals surface area contributed by atoms with E-state index in [-0.39, 0.29) is 17.5 Å².